The van der Waals surface area contributed by atoms with Crippen molar-refractivity contribution in [1.82, 2.24) is 15.3 Å². The van der Waals surface area contributed by atoms with Crippen LogP contribution in [-0.2, 0) is 0 Å². The van der Waals surface area contributed by atoms with Gasteiger partial charge in [-0.15, -0.1) is 0 Å². The second-order valence-electron chi connectivity index (χ2n) is 8.01. The highest BCUT2D eigenvalue weighted by Crippen LogP contribution is 2.25. The minimum Gasteiger partial charge on any atom is -0.363 e. The largest absolute Gasteiger partial charge is 0.363 e. The van der Waals surface area contributed by atoms with Gasteiger partial charge in [0.2, 0.25) is 5.95 Å². The molecule has 0 unspecified atom stereocenters. The lowest BCUT2D eigenvalue weighted by Gasteiger charge is -2.30. The highest BCUT2D eigenvalue weighted by Gasteiger charge is 2.24. The van der Waals surface area contributed by atoms with Gasteiger partial charge in [0.25, 0.3) is 11.6 Å². The zero-order valence-electron chi connectivity index (χ0n) is 17.8. The Hall–Kier alpha value is -3.23. The van der Waals surface area contributed by atoms with E-state index >= 15 is 0 Å². The molecule has 0 saturated heterocycles. The lowest BCUT2D eigenvalue weighted by molar-refractivity contribution is -0.386. The van der Waals surface area contributed by atoms with E-state index < -0.39 is 4.92 Å². The SMILES string of the molecule is Cc1cc(C(=O)N[C@H]2CC[C@@H](Nc3nccc(N(C)C)n3)CC2)cc(C)c1[N+](=O)[O-]. The summed E-state index contributed by atoms with van der Waals surface area (Å²) in [6.45, 7) is 3.32. The first-order valence-corrected chi connectivity index (χ1v) is 10.1. The molecule has 1 aliphatic carbocycles. The van der Waals surface area contributed by atoms with E-state index in [9.17, 15) is 14.9 Å². The van der Waals surface area contributed by atoms with Crippen LogP contribution in [0.15, 0.2) is 24.4 Å². The molecule has 1 saturated carbocycles. The second-order valence-corrected chi connectivity index (χ2v) is 8.01. The van der Waals surface area contributed by atoms with Gasteiger partial charge in [0, 0.05) is 49.1 Å². The topological polar surface area (TPSA) is 113 Å². The molecule has 1 amide bonds. The maximum absolute atomic E-state index is 12.7. The number of benzene rings is 1. The molecule has 0 aliphatic heterocycles. The van der Waals surface area contributed by atoms with Crippen molar-refractivity contribution >= 4 is 23.4 Å². The minimum atomic E-state index is -0.404. The van der Waals surface area contributed by atoms with Crippen molar-refractivity contribution < 1.29 is 9.72 Å². The maximum Gasteiger partial charge on any atom is 0.275 e. The van der Waals surface area contributed by atoms with E-state index in [2.05, 4.69) is 20.6 Å². The first-order chi connectivity index (χ1) is 14.2. The molecular formula is C21H28N6O3. The van der Waals surface area contributed by atoms with Crippen LogP contribution >= 0.6 is 0 Å². The number of amides is 1. The van der Waals surface area contributed by atoms with Crippen molar-refractivity contribution in [2.45, 2.75) is 51.6 Å². The van der Waals surface area contributed by atoms with Crippen molar-refractivity contribution in [3.8, 4) is 0 Å². The van der Waals surface area contributed by atoms with Gasteiger partial charge < -0.3 is 15.5 Å². The van der Waals surface area contributed by atoms with E-state index in [1.54, 1.807) is 32.2 Å². The van der Waals surface area contributed by atoms with E-state index in [1.807, 2.05) is 25.1 Å². The number of hydrogen-bond donors (Lipinski definition) is 2. The molecule has 0 spiro atoms. The fourth-order valence-corrected chi connectivity index (χ4v) is 3.88. The minimum absolute atomic E-state index is 0.0682. The quantitative estimate of drug-likeness (QED) is 0.553. The molecule has 0 atom stereocenters. The van der Waals surface area contributed by atoms with Gasteiger partial charge in [0.1, 0.15) is 5.82 Å². The van der Waals surface area contributed by atoms with Gasteiger partial charge in [-0.3, -0.25) is 14.9 Å². The molecule has 160 valence electrons. The summed E-state index contributed by atoms with van der Waals surface area (Å²) < 4.78 is 0. The smallest absolute Gasteiger partial charge is 0.275 e. The number of carbonyl (C=O) groups excluding carboxylic acids is 1. The van der Waals surface area contributed by atoms with Crippen molar-refractivity contribution in [1.29, 1.82) is 0 Å². The van der Waals surface area contributed by atoms with E-state index in [-0.39, 0.29) is 23.7 Å². The van der Waals surface area contributed by atoms with E-state index in [4.69, 9.17) is 0 Å². The summed E-state index contributed by atoms with van der Waals surface area (Å²) in [5.41, 5.74) is 1.53. The summed E-state index contributed by atoms with van der Waals surface area (Å²) >= 11 is 0. The fourth-order valence-electron chi connectivity index (χ4n) is 3.88. The van der Waals surface area contributed by atoms with Crippen LogP contribution < -0.4 is 15.5 Å². The summed E-state index contributed by atoms with van der Waals surface area (Å²) in [5.74, 6) is 1.28. The standard InChI is InChI=1S/C21H28N6O3/c1-13-11-15(12-14(2)19(13)27(29)30)20(28)23-16-5-7-17(8-6-16)24-21-22-10-9-18(25-21)26(3)4/h9-12,16-17H,5-8H2,1-4H3,(H,23,28)(H,22,24,25)/t16-,17+. The molecule has 0 bridgehead atoms. The molecule has 9 nitrogen and oxygen atoms in total. The predicted octanol–water partition coefficient (Wildman–Crippen LogP) is 3.22. The van der Waals surface area contributed by atoms with Gasteiger partial charge in [-0.2, -0.15) is 4.98 Å². The molecule has 2 aromatic rings. The molecule has 3 rings (SSSR count). The summed E-state index contributed by atoms with van der Waals surface area (Å²) in [7, 11) is 3.88. The van der Waals surface area contributed by atoms with E-state index in [0.29, 0.717) is 22.6 Å². The van der Waals surface area contributed by atoms with E-state index in [1.165, 1.54) is 0 Å². The van der Waals surface area contributed by atoms with Crippen LogP contribution in [0.4, 0.5) is 17.5 Å². The average molecular weight is 412 g/mol. The van der Waals surface area contributed by atoms with Crippen LogP contribution in [0.2, 0.25) is 0 Å². The first kappa shape index (κ1) is 21.5. The third-order valence-corrected chi connectivity index (χ3v) is 5.43. The average Bonchev–Trinajstić information content (AvgIpc) is 2.68. The number of nitrogens with one attached hydrogen (secondary N) is 2. The fraction of sp³-hybridized carbons (Fsp3) is 0.476. The van der Waals surface area contributed by atoms with Crippen molar-refractivity contribution in [2.75, 3.05) is 24.3 Å². The van der Waals surface area contributed by atoms with Gasteiger partial charge in [-0.1, -0.05) is 0 Å². The van der Waals surface area contributed by atoms with Crippen LogP contribution in [0.3, 0.4) is 0 Å². The number of anilines is 2. The number of carbonyl (C=O) groups is 1. The second kappa shape index (κ2) is 9.06. The normalized spacial score (nSPS) is 18.5. The molecule has 1 aliphatic rings. The van der Waals surface area contributed by atoms with Gasteiger partial charge in [-0.25, -0.2) is 4.98 Å². The molecule has 2 N–H and O–H groups in total. The van der Waals surface area contributed by atoms with Gasteiger partial charge in [0.05, 0.1) is 4.92 Å². The highest BCUT2D eigenvalue weighted by atomic mass is 16.6. The Kier molecular flexibility index (Phi) is 6.49. The lowest BCUT2D eigenvalue weighted by atomic mass is 9.91. The van der Waals surface area contributed by atoms with Gasteiger partial charge in [-0.05, 0) is 57.7 Å². The molecule has 9 heteroatoms. The van der Waals surface area contributed by atoms with Crippen molar-refractivity contribution in [3.05, 3.63) is 51.2 Å². The number of aromatic nitrogens is 2. The Morgan fingerprint density at radius 2 is 1.73 bits per heavy atom. The third-order valence-electron chi connectivity index (χ3n) is 5.43. The highest BCUT2D eigenvalue weighted by molar-refractivity contribution is 5.95. The molecule has 30 heavy (non-hydrogen) atoms. The maximum atomic E-state index is 12.7. The van der Waals surface area contributed by atoms with Crippen LogP contribution in [0.25, 0.3) is 0 Å². The summed E-state index contributed by atoms with van der Waals surface area (Å²) in [5, 5.41) is 17.6. The monoisotopic (exact) mass is 412 g/mol. The Labute approximate surface area is 176 Å². The number of nitro groups is 1. The summed E-state index contributed by atoms with van der Waals surface area (Å²) in [6, 6.07) is 5.38. The third kappa shape index (κ3) is 5.03. The van der Waals surface area contributed by atoms with Crippen molar-refractivity contribution in [3.63, 3.8) is 0 Å². The Morgan fingerprint density at radius 3 is 2.30 bits per heavy atom. The zero-order valence-corrected chi connectivity index (χ0v) is 17.8. The number of nitrogens with zero attached hydrogens (tertiary/aromatic N) is 4. The molecule has 1 fully saturated rings. The Bertz CT molecular complexity index is 915. The van der Waals surface area contributed by atoms with Crippen LogP contribution in [-0.4, -0.2) is 47.0 Å². The molecule has 1 aromatic carbocycles. The molecule has 1 aromatic heterocycles. The lowest BCUT2D eigenvalue weighted by Crippen LogP contribution is -2.40. The number of nitro benzene ring substituents is 1. The molecule has 1 heterocycles. The van der Waals surface area contributed by atoms with Gasteiger partial charge in [0.15, 0.2) is 0 Å². The first-order valence-electron chi connectivity index (χ1n) is 10.1. The number of rotatable bonds is 6. The Morgan fingerprint density at radius 1 is 1.13 bits per heavy atom. The van der Waals surface area contributed by atoms with Crippen LogP contribution in [0, 0.1) is 24.0 Å². The molecular weight excluding hydrogens is 384 g/mol. The molecule has 0 radical (unpaired) electrons. The Balaban J connectivity index is 1.55. The number of hydrogen-bond acceptors (Lipinski definition) is 7. The van der Waals surface area contributed by atoms with Gasteiger partial charge >= 0.3 is 0 Å². The van der Waals surface area contributed by atoms with E-state index in [0.717, 1.165) is 31.5 Å². The summed E-state index contributed by atoms with van der Waals surface area (Å²) in [6.07, 6.45) is 5.24. The predicted molar refractivity (Wildman–Crippen MR) is 116 cm³/mol. The van der Waals surface area contributed by atoms with Crippen molar-refractivity contribution in [2.24, 2.45) is 0 Å². The summed E-state index contributed by atoms with van der Waals surface area (Å²) in [4.78, 5) is 34.1. The van der Waals surface area contributed by atoms with Crippen LogP contribution in [0.1, 0.15) is 47.2 Å². The number of aryl methyl sites for hydroxylation is 2. The zero-order chi connectivity index (χ0) is 21.8. The van der Waals surface area contributed by atoms with Crippen LogP contribution in [0.5, 0.6) is 0 Å².